The van der Waals surface area contributed by atoms with E-state index in [1.165, 1.54) is 12.1 Å². The highest BCUT2D eigenvalue weighted by Gasteiger charge is 2.50. The van der Waals surface area contributed by atoms with Gasteiger partial charge in [0.2, 0.25) is 0 Å². The van der Waals surface area contributed by atoms with Crippen LogP contribution in [0.4, 0.5) is 14.5 Å². The second-order valence-corrected chi connectivity index (χ2v) is 5.81. The van der Waals surface area contributed by atoms with Crippen LogP contribution >= 0.6 is 22.6 Å². The normalized spacial score (nSPS) is 21.8. The van der Waals surface area contributed by atoms with Crippen molar-refractivity contribution < 1.29 is 13.5 Å². The summed E-state index contributed by atoms with van der Waals surface area (Å²) in [5, 5.41) is 0. The minimum absolute atomic E-state index is 0.109. The van der Waals surface area contributed by atoms with E-state index >= 15 is 0 Å². The van der Waals surface area contributed by atoms with Crippen molar-refractivity contribution in [3.8, 4) is 0 Å². The highest BCUT2D eigenvalue weighted by molar-refractivity contribution is 14.1. The topological polar surface area (TPSA) is 12.5 Å². The maximum atomic E-state index is 13.6. The predicted octanol–water partition coefficient (Wildman–Crippen LogP) is 2.41. The van der Waals surface area contributed by atoms with Crippen molar-refractivity contribution in [1.82, 2.24) is 0 Å². The summed E-state index contributed by atoms with van der Waals surface area (Å²) in [4.78, 5) is 1.75. The fourth-order valence-corrected chi connectivity index (χ4v) is 2.88. The van der Waals surface area contributed by atoms with Gasteiger partial charge >= 0.3 is 0 Å². The fraction of sp³-hybridized carbons (Fsp3) is 0.455. The summed E-state index contributed by atoms with van der Waals surface area (Å²) in [5.74, 6) is -0.945. The Morgan fingerprint density at radius 3 is 2.19 bits per heavy atom. The molecule has 2 nitrogen and oxygen atoms in total. The molecule has 2 aliphatic heterocycles. The Morgan fingerprint density at radius 2 is 1.75 bits per heavy atom. The molecular formula is C11H10F2INO. The first-order valence-electron chi connectivity index (χ1n) is 5.07. The van der Waals surface area contributed by atoms with Gasteiger partial charge in [0.1, 0.15) is 5.69 Å². The maximum Gasteiger partial charge on any atom is 0.150 e. The molecule has 2 fully saturated rings. The van der Waals surface area contributed by atoms with Crippen LogP contribution in [0.25, 0.3) is 0 Å². The molecule has 0 saturated carbocycles. The quantitative estimate of drug-likeness (QED) is 0.730. The number of anilines is 1. The van der Waals surface area contributed by atoms with E-state index in [0.717, 1.165) is 13.2 Å². The molecular weight excluding hydrogens is 327 g/mol. The Labute approximate surface area is 106 Å². The van der Waals surface area contributed by atoms with Crippen molar-refractivity contribution in [1.29, 1.82) is 0 Å². The highest BCUT2D eigenvalue weighted by atomic mass is 127. The van der Waals surface area contributed by atoms with Crippen LogP contribution in [0, 0.1) is 20.6 Å². The molecule has 0 unspecified atom stereocenters. The van der Waals surface area contributed by atoms with E-state index in [1.54, 1.807) is 4.90 Å². The summed E-state index contributed by atoms with van der Waals surface area (Å²) in [6.07, 6.45) is 0. The highest BCUT2D eigenvalue weighted by Crippen LogP contribution is 2.41. The average Bonchev–Trinajstić information content (AvgIpc) is 2.03. The molecule has 0 radical (unpaired) electrons. The zero-order valence-electron chi connectivity index (χ0n) is 8.47. The molecule has 86 valence electrons. The van der Waals surface area contributed by atoms with Gasteiger partial charge < -0.3 is 9.64 Å². The number of hydrogen-bond donors (Lipinski definition) is 0. The molecule has 2 heterocycles. The molecule has 1 spiro atoms. The van der Waals surface area contributed by atoms with Crippen LogP contribution in [-0.2, 0) is 4.74 Å². The second-order valence-electron chi connectivity index (χ2n) is 4.57. The number of ether oxygens (including phenoxy) is 1. The third-order valence-electron chi connectivity index (χ3n) is 3.17. The Balaban J connectivity index is 1.85. The summed E-state index contributed by atoms with van der Waals surface area (Å²) < 4.78 is 33.0. The number of benzene rings is 1. The zero-order chi connectivity index (χ0) is 11.3. The van der Waals surface area contributed by atoms with E-state index in [4.69, 9.17) is 4.74 Å². The monoisotopic (exact) mass is 337 g/mol. The molecule has 2 saturated heterocycles. The standard InChI is InChI=1S/C11H10F2INO/c12-8-1-7(14)2-9(13)10(8)15-3-11(4-15)5-16-6-11/h1-2H,3-6H2. The molecule has 0 aliphatic carbocycles. The van der Waals surface area contributed by atoms with Crippen LogP contribution in [0.2, 0.25) is 0 Å². The predicted molar refractivity (Wildman–Crippen MR) is 64.5 cm³/mol. The molecule has 5 heteroatoms. The van der Waals surface area contributed by atoms with Gasteiger partial charge in [0.15, 0.2) is 11.6 Å². The van der Waals surface area contributed by atoms with Gasteiger partial charge in [0.05, 0.1) is 18.6 Å². The molecule has 1 aromatic rings. The smallest absolute Gasteiger partial charge is 0.150 e. The molecule has 1 aromatic carbocycles. The fourth-order valence-electron chi connectivity index (χ4n) is 2.33. The van der Waals surface area contributed by atoms with E-state index in [9.17, 15) is 8.78 Å². The first kappa shape index (κ1) is 10.7. The minimum Gasteiger partial charge on any atom is -0.380 e. The molecule has 3 rings (SSSR count). The van der Waals surface area contributed by atoms with Gasteiger partial charge in [-0.3, -0.25) is 0 Å². The van der Waals surface area contributed by atoms with E-state index in [1.807, 2.05) is 22.6 Å². The summed E-state index contributed by atoms with van der Waals surface area (Å²) in [6.45, 7) is 2.83. The van der Waals surface area contributed by atoms with Gasteiger partial charge in [-0.05, 0) is 34.7 Å². The van der Waals surface area contributed by atoms with Crippen LogP contribution in [-0.4, -0.2) is 26.3 Å². The van der Waals surface area contributed by atoms with Crippen molar-refractivity contribution in [2.75, 3.05) is 31.2 Å². The number of halogens is 3. The summed E-state index contributed by atoms with van der Waals surface area (Å²) in [6, 6.07) is 2.72. The Bertz CT molecular complexity index is 417. The van der Waals surface area contributed by atoms with Crippen LogP contribution in [0.15, 0.2) is 12.1 Å². The van der Waals surface area contributed by atoms with Gasteiger partial charge in [-0.15, -0.1) is 0 Å². The lowest BCUT2D eigenvalue weighted by molar-refractivity contribution is -0.127. The molecule has 0 amide bonds. The molecule has 0 atom stereocenters. The van der Waals surface area contributed by atoms with Gasteiger partial charge in [0, 0.05) is 16.7 Å². The van der Waals surface area contributed by atoms with Gasteiger partial charge in [0.25, 0.3) is 0 Å². The summed E-state index contributed by atoms with van der Waals surface area (Å²) >= 11 is 1.91. The van der Waals surface area contributed by atoms with Crippen molar-refractivity contribution in [3.05, 3.63) is 27.3 Å². The van der Waals surface area contributed by atoms with Crippen LogP contribution in [0.1, 0.15) is 0 Å². The SMILES string of the molecule is Fc1cc(I)cc(F)c1N1CC2(COC2)C1. The number of rotatable bonds is 1. The Kier molecular flexibility index (Phi) is 2.36. The molecule has 0 bridgehead atoms. The lowest BCUT2D eigenvalue weighted by Crippen LogP contribution is -2.66. The van der Waals surface area contributed by atoms with Gasteiger partial charge in [-0.1, -0.05) is 0 Å². The van der Waals surface area contributed by atoms with Crippen molar-refractivity contribution in [2.45, 2.75) is 0 Å². The lowest BCUT2D eigenvalue weighted by Gasteiger charge is -2.55. The zero-order valence-corrected chi connectivity index (χ0v) is 10.6. The Morgan fingerprint density at radius 1 is 1.19 bits per heavy atom. The third kappa shape index (κ3) is 1.52. The van der Waals surface area contributed by atoms with Gasteiger partial charge in [-0.25, -0.2) is 8.78 Å². The molecule has 0 N–H and O–H groups in total. The van der Waals surface area contributed by atoms with Crippen molar-refractivity contribution >= 4 is 28.3 Å². The van der Waals surface area contributed by atoms with Gasteiger partial charge in [-0.2, -0.15) is 0 Å². The maximum absolute atomic E-state index is 13.6. The molecule has 2 aliphatic rings. The average molecular weight is 337 g/mol. The summed E-state index contributed by atoms with van der Waals surface area (Å²) in [5.41, 5.74) is 0.278. The van der Waals surface area contributed by atoms with E-state index in [0.29, 0.717) is 16.7 Å². The van der Waals surface area contributed by atoms with E-state index in [2.05, 4.69) is 0 Å². The Hall–Kier alpha value is -0.430. The summed E-state index contributed by atoms with van der Waals surface area (Å²) in [7, 11) is 0. The van der Waals surface area contributed by atoms with Crippen molar-refractivity contribution in [3.63, 3.8) is 0 Å². The third-order valence-corrected chi connectivity index (χ3v) is 3.79. The number of hydrogen-bond acceptors (Lipinski definition) is 2. The molecule has 16 heavy (non-hydrogen) atoms. The first-order chi connectivity index (χ1) is 7.60. The van der Waals surface area contributed by atoms with Crippen LogP contribution in [0.5, 0.6) is 0 Å². The van der Waals surface area contributed by atoms with Crippen molar-refractivity contribution in [2.24, 2.45) is 5.41 Å². The van der Waals surface area contributed by atoms with Crippen LogP contribution in [0.3, 0.4) is 0 Å². The van der Waals surface area contributed by atoms with E-state index < -0.39 is 11.6 Å². The first-order valence-corrected chi connectivity index (χ1v) is 6.15. The van der Waals surface area contributed by atoms with E-state index in [-0.39, 0.29) is 11.1 Å². The second kappa shape index (κ2) is 3.53. The number of nitrogens with zero attached hydrogens (tertiary/aromatic N) is 1. The molecule has 0 aromatic heterocycles. The minimum atomic E-state index is -0.473. The lowest BCUT2D eigenvalue weighted by atomic mass is 9.77. The largest absolute Gasteiger partial charge is 0.380 e. The van der Waals surface area contributed by atoms with Crippen LogP contribution < -0.4 is 4.90 Å².